The van der Waals surface area contributed by atoms with Crippen molar-refractivity contribution < 1.29 is 13.2 Å². The normalized spacial score (nSPS) is 22.2. The molecule has 1 amide bonds. The molecule has 0 radical (unpaired) electrons. The standard InChI is InChI=1S/C18H24N2O3S/c21-18(15-8-3-1-4-9-15)19-16-10-7-11-17(14-16)24(22,23)20-12-5-2-6-13-20/h1,3,7,10-11,14-15H,2,4-6,8-9,12-13H2,(H,19,21). The van der Waals surface area contributed by atoms with Crippen molar-refractivity contribution in [2.24, 2.45) is 5.92 Å². The zero-order chi connectivity index (χ0) is 17.0. The van der Waals surface area contributed by atoms with Gasteiger partial charge in [0.05, 0.1) is 4.90 Å². The molecular weight excluding hydrogens is 324 g/mol. The zero-order valence-electron chi connectivity index (χ0n) is 13.8. The van der Waals surface area contributed by atoms with E-state index in [2.05, 4.69) is 11.4 Å². The molecule has 1 fully saturated rings. The van der Waals surface area contributed by atoms with Crippen LogP contribution in [0, 0.1) is 5.92 Å². The Hall–Kier alpha value is -1.66. The van der Waals surface area contributed by atoms with Gasteiger partial charge in [-0.2, -0.15) is 4.31 Å². The van der Waals surface area contributed by atoms with Crippen LogP contribution in [0.3, 0.4) is 0 Å². The van der Waals surface area contributed by atoms with Crippen LogP contribution in [-0.4, -0.2) is 31.7 Å². The average molecular weight is 348 g/mol. The van der Waals surface area contributed by atoms with Crippen LogP contribution in [0.1, 0.15) is 38.5 Å². The highest BCUT2D eigenvalue weighted by atomic mass is 32.2. The number of carbonyl (C=O) groups is 1. The fraction of sp³-hybridized carbons (Fsp3) is 0.500. The SMILES string of the molecule is O=C(Nc1cccc(S(=O)(=O)N2CCCCC2)c1)C1CC=CCC1. The van der Waals surface area contributed by atoms with Gasteiger partial charge in [-0.25, -0.2) is 8.42 Å². The van der Waals surface area contributed by atoms with Crippen LogP contribution in [0.5, 0.6) is 0 Å². The van der Waals surface area contributed by atoms with Gasteiger partial charge in [-0.3, -0.25) is 4.79 Å². The van der Waals surface area contributed by atoms with Crippen molar-refractivity contribution in [1.29, 1.82) is 0 Å². The number of benzene rings is 1. The quantitative estimate of drug-likeness (QED) is 0.850. The van der Waals surface area contributed by atoms with Crippen molar-refractivity contribution in [3.05, 3.63) is 36.4 Å². The molecule has 0 aromatic heterocycles. The summed E-state index contributed by atoms with van der Waals surface area (Å²) in [7, 11) is -3.47. The first kappa shape index (κ1) is 17.2. The third kappa shape index (κ3) is 3.87. The highest BCUT2D eigenvalue weighted by Crippen LogP contribution is 2.24. The number of nitrogens with one attached hydrogen (secondary N) is 1. The molecular formula is C18H24N2O3S. The molecule has 24 heavy (non-hydrogen) atoms. The van der Waals surface area contributed by atoms with E-state index in [4.69, 9.17) is 0 Å². The van der Waals surface area contributed by atoms with E-state index in [1.165, 1.54) is 0 Å². The van der Waals surface area contributed by atoms with Gasteiger partial charge in [0.15, 0.2) is 0 Å². The third-order valence-electron chi connectivity index (χ3n) is 4.69. The van der Waals surface area contributed by atoms with E-state index in [1.807, 2.05) is 6.08 Å². The van der Waals surface area contributed by atoms with Gasteiger partial charge in [-0.15, -0.1) is 0 Å². The molecule has 1 aliphatic heterocycles. The average Bonchev–Trinajstić information content (AvgIpc) is 2.63. The van der Waals surface area contributed by atoms with Crippen LogP contribution in [0.25, 0.3) is 0 Å². The number of allylic oxidation sites excluding steroid dienone is 2. The van der Waals surface area contributed by atoms with Crippen LogP contribution in [-0.2, 0) is 14.8 Å². The monoisotopic (exact) mass is 348 g/mol. The molecule has 1 atom stereocenters. The number of rotatable bonds is 4. The molecule has 1 saturated heterocycles. The number of amides is 1. The Morgan fingerprint density at radius 1 is 1.12 bits per heavy atom. The Balaban J connectivity index is 1.73. The number of hydrogen-bond acceptors (Lipinski definition) is 3. The summed E-state index contributed by atoms with van der Waals surface area (Å²) in [6.45, 7) is 1.15. The number of piperidine rings is 1. The lowest BCUT2D eigenvalue weighted by Gasteiger charge is -2.26. The lowest BCUT2D eigenvalue weighted by atomic mass is 9.93. The summed E-state index contributed by atoms with van der Waals surface area (Å²) < 4.78 is 27.0. The molecule has 0 spiro atoms. The molecule has 1 unspecified atom stereocenters. The van der Waals surface area contributed by atoms with Crippen LogP contribution in [0.2, 0.25) is 0 Å². The molecule has 0 saturated carbocycles. The van der Waals surface area contributed by atoms with Crippen molar-refractivity contribution in [2.45, 2.75) is 43.4 Å². The van der Waals surface area contributed by atoms with Crippen molar-refractivity contribution >= 4 is 21.6 Å². The number of anilines is 1. The summed E-state index contributed by atoms with van der Waals surface area (Å²) >= 11 is 0. The van der Waals surface area contributed by atoms with Gasteiger partial charge in [0.1, 0.15) is 0 Å². The first-order valence-electron chi connectivity index (χ1n) is 8.63. The van der Waals surface area contributed by atoms with E-state index >= 15 is 0 Å². The molecule has 0 bridgehead atoms. The minimum Gasteiger partial charge on any atom is -0.326 e. The Morgan fingerprint density at radius 2 is 1.92 bits per heavy atom. The molecule has 3 rings (SSSR count). The largest absolute Gasteiger partial charge is 0.326 e. The van der Waals surface area contributed by atoms with Crippen LogP contribution in [0.15, 0.2) is 41.3 Å². The van der Waals surface area contributed by atoms with Gasteiger partial charge in [-0.1, -0.05) is 24.6 Å². The van der Waals surface area contributed by atoms with Crippen LogP contribution in [0.4, 0.5) is 5.69 Å². The molecule has 1 aliphatic carbocycles. The maximum absolute atomic E-state index is 12.7. The van der Waals surface area contributed by atoms with Gasteiger partial charge in [-0.05, 0) is 50.3 Å². The molecule has 2 aliphatic rings. The Kier molecular flexibility index (Phi) is 5.36. The molecule has 1 heterocycles. The van der Waals surface area contributed by atoms with Crippen molar-refractivity contribution in [2.75, 3.05) is 18.4 Å². The summed E-state index contributed by atoms with van der Waals surface area (Å²) in [6.07, 6.45) is 9.53. The van der Waals surface area contributed by atoms with Gasteiger partial charge in [0, 0.05) is 24.7 Å². The van der Waals surface area contributed by atoms with Gasteiger partial charge >= 0.3 is 0 Å². The van der Waals surface area contributed by atoms with E-state index in [9.17, 15) is 13.2 Å². The minimum absolute atomic E-state index is 0.0302. The highest BCUT2D eigenvalue weighted by Gasteiger charge is 2.26. The number of nitrogens with zero attached hydrogens (tertiary/aromatic N) is 1. The van der Waals surface area contributed by atoms with Gasteiger partial charge in [0.25, 0.3) is 0 Å². The van der Waals surface area contributed by atoms with Gasteiger partial charge in [0.2, 0.25) is 15.9 Å². The Morgan fingerprint density at radius 3 is 2.62 bits per heavy atom. The molecule has 1 aromatic carbocycles. The molecule has 1 aromatic rings. The molecule has 5 nitrogen and oxygen atoms in total. The number of carbonyl (C=O) groups excluding carboxylic acids is 1. The maximum atomic E-state index is 12.7. The van der Waals surface area contributed by atoms with E-state index in [-0.39, 0.29) is 16.7 Å². The summed E-state index contributed by atoms with van der Waals surface area (Å²) in [6, 6.07) is 6.60. The fourth-order valence-electron chi connectivity index (χ4n) is 3.26. The first-order chi connectivity index (χ1) is 11.6. The number of sulfonamides is 1. The summed E-state index contributed by atoms with van der Waals surface area (Å²) in [5.41, 5.74) is 0.549. The van der Waals surface area contributed by atoms with E-state index in [0.29, 0.717) is 18.8 Å². The Labute approximate surface area is 143 Å². The van der Waals surface area contributed by atoms with E-state index < -0.39 is 10.0 Å². The van der Waals surface area contributed by atoms with Crippen molar-refractivity contribution in [3.8, 4) is 0 Å². The minimum atomic E-state index is -3.47. The number of hydrogen-bond donors (Lipinski definition) is 1. The predicted molar refractivity (Wildman–Crippen MR) is 94.2 cm³/mol. The molecule has 6 heteroatoms. The second kappa shape index (κ2) is 7.49. The van der Waals surface area contributed by atoms with E-state index in [0.717, 1.165) is 38.5 Å². The Bertz CT molecular complexity index is 722. The lowest BCUT2D eigenvalue weighted by Crippen LogP contribution is -2.35. The molecule has 130 valence electrons. The molecule has 1 N–H and O–H groups in total. The van der Waals surface area contributed by atoms with Crippen molar-refractivity contribution in [3.63, 3.8) is 0 Å². The third-order valence-corrected chi connectivity index (χ3v) is 6.59. The van der Waals surface area contributed by atoms with Crippen molar-refractivity contribution in [1.82, 2.24) is 4.31 Å². The summed E-state index contributed by atoms with van der Waals surface area (Å²) in [5, 5.41) is 2.87. The summed E-state index contributed by atoms with van der Waals surface area (Å²) in [5.74, 6) is -0.0655. The van der Waals surface area contributed by atoms with Crippen LogP contribution >= 0.6 is 0 Å². The zero-order valence-corrected chi connectivity index (χ0v) is 14.6. The first-order valence-corrected chi connectivity index (χ1v) is 10.1. The fourth-order valence-corrected chi connectivity index (χ4v) is 4.83. The topological polar surface area (TPSA) is 66.5 Å². The lowest BCUT2D eigenvalue weighted by molar-refractivity contribution is -0.120. The second-order valence-electron chi connectivity index (χ2n) is 6.46. The summed E-state index contributed by atoms with van der Waals surface area (Å²) in [4.78, 5) is 12.6. The predicted octanol–water partition coefficient (Wildman–Crippen LogP) is 3.16. The van der Waals surface area contributed by atoms with Gasteiger partial charge < -0.3 is 5.32 Å². The maximum Gasteiger partial charge on any atom is 0.243 e. The van der Waals surface area contributed by atoms with E-state index in [1.54, 1.807) is 28.6 Å². The smallest absolute Gasteiger partial charge is 0.243 e. The second-order valence-corrected chi connectivity index (χ2v) is 8.40. The highest BCUT2D eigenvalue weighted by molar-refractivity contribution is 7.89. The van der Waals surface area contributed by atoms with Crippen LogP contribution < -0.4 is 5.32 Å².